The number of carboxylic acid groups (broad SMARTS) is 1. The predicted molar refractivity (Wildman–Crippen MR) is 41.5 cm³/mol. The molecule has 0 bridgehead atoms. The van der Waals surface area contributed by atoms with Crippen LogP contribution in [0.3, 0.4) is 0 Å². The van der Waals surface area contributed by atoms with Crippen molar-refractivity contribution < 1.29 is 9.90 Å². The van der Waals surface area contributed by atoms with E-state index in [2.05, 4.69) is 4.98 Å². The van der Waals surface area contributed by atoms with E-state index in [1.807, 2.05) is 19.3 Å². The molecule has 11 heavy (non-hydrogen) atoms. The van der Waals surface area contributed by atoms with Crippen LogP contribution < -0.4 is 0 Å². The summed E-state index contributed by atoms with van der Waals surface area (Å²) in [5, 5.41) is 8.39. The van der Waals surface area contributed by atoms with Crippen LogP contribution in [0.15, 0.2) is 12.4 Å². The van der Waals surface area contributed by atoms with Gasteiger partial charge in [-0.25, -0.2) is 0 Å². The van der Waals surface area contributed by atoms with Gasteiger partial charge < -0.3 is 10.1 Å². The molecule has 0 amide bonds. The third-order valence-corrected chi connectivity index (χ3v) is 1.67. The SMILES string of the molecule is Cc1c[nH]cc1CCC(=O)O. The van der Waals surface area contributed by atoms with Crippen molar-refractivity contribution in [3.8, 4) is 0 Å². The van der Waals surface area contributed by atoms with Crippen LogP contribution in [0.2, 0.25) is 0 Å². The van der Waals surface area contributed by atoms with Crippen LogP contribution in [0.5, 0.6) is 0 Å². The summed E-state index contributed by atoms with van der Waals surface area (Å²) in [6.45, 7) is 1.97. The maximum atomic E-state index is 10.2. The molecule has 0 aliphatic rings. The number of rotatable bonds is 3. The lowest BCUT2D eigenvalue weighted by Gasteiger charge is -1.94. The molecule has 0 saturated carbocycles. The highest BCUT2D eigenvalue weighted by Crippen LogP contribution is 2.07. The molecular weight excluding hydrogens is 142 g/mol. The molecule has 1 aromatic heterocycles. The van der Waals surface area contributed by atoms with E-state index >= 15 is 0 Å². The Bertz CT molecular complexity index is 252. The number of nitrogens with one attached hydrogen (secondary N) is 1. The normalized spacial score (nSPS) is 9.91. The van der Waals surface area contributed by atoms with Crippen molar-refractivity contribution in [1.82, 2.24) is 4.98 Å². The van der Waals surface area contributed by atoms with Crippen LogP contribution >= 0.6 is 0 Å². The lowest BCUT2D eigenvalue weighted by Crippen LogP contribution is -1.97. The fourth-order valence-corrected chi connectivity index (χ4v) is 0.985. The Labute approximate surface area is 65.1 Å². The monoisotopic (exact) mass is 153 g/mol. The van der Waals surface area contributed by atoms with Crippen LogP contribution in [0.4, 0.5) is 0 Å². The maximum absolute atomic E-state index is 10.2. The second-order valence-corrected chi connectivity index (χ2v) is 2.56. The first-order valence-electron chi connectivity index (χ1n) is 3.54. The van der Waals surface area contributed by atoms with Gasteiger partial charge in [0.1, 0.15) is 0 Å². The minimum Gasteiger partial charge on any atom is -0.481 e. The Morgan fingerprint density at radius 2 is 2.36 bits per heavy atom. The Balaban J connectivity index is 2.51. The van der Waals surface area contributed by atoms with Gasteiger partial charge in [0, 0.05) is 18.8 Å². The van der Waals surface area contributed by atoms with Crippen molar-refractivity contribution in [2.45, 2.75) is 19.8 Å². The minimum atomic E-state index is -0.745. The minimum absolute atomic E-state index is 0.207. The number of aliphatic carboxylic acids is 1. The largest absolute Gasteiger partial charge is 0.481 e. The summed E-state index contributed by atoms with van der Waals surface area (Å²) >= 11 is 0. The first kappa shape index (κ1) is 7.85. The molecule has 3 nitrogen and oxygen atoms in total. The van der Waals surface area contributed by atoms with Crippen LogP contribution in [0.1, 0.15) is 17.5 Å². The molecular formula is C8H11NO2. The number of aryl methyl sites for hydroxylation is 2. The van der Waals surface area contributed by atoms with Gasteiger partial charge in [0.05, 0.1) is 0 Å². The summed E-state index contributed by atoms with van der Waals surface area (Å²) in [4.78, 5) is 13.1. The highest BCUT2D eigenvalue weighted by Gasteiger charge is 2.01. The number of aromatic nitrogens is 1. The Hall–Kier alpha value is -1.25. The lowest BCUT2D eigenvalue weighted by atomic mass is 10.1. The van der Waals surface area contributed by atoms with E-state index in [1.165, 1.54) is 0 Å². The summed E-state index contributed by atoms with van der Waals surface area (Å²) in [7, 11) is 0. The van der Waals surface area contributed by atoms with E-state index in [-0.39, 0.29) is 6.42 Å². The molecule has 0 saturated heterocycles. The molecule has 0 aliphatic heterocycles. The fraction of sp³-hybridized carbons (Fsp3) is 0.375. The zero-order chi connectivity index (χ0) is 8.27. The van der Waals surface area contributed by atoms with E-state index in [9.17, 15) is 4.79 Å². The van der Waals surface area contributed by atoms with Crippen molar-refractivity contribution in [3.63, 3.8) is 0 Å². The van der Waals surface area contributed by atoms with Gasteiger partial charge in [0.2, 0.25) is 0 Å². The maximum Gasteiger partial charge on any atom is 0.303 e. The number of carbonyl (C=O) groups is 1. The van der Waals surface area contributed by atoms with Crippen LogP contribution in [-0.2, 0) is 11.2 Å². The van der Waals surface area contributed by atoms with Crippen molar-refractivity contribution in [1.29, 1.82) is 0 Å². The quantitative estimate of drug-likeness (QED) is 0.688. The van der Waals surface area contributed by atoms with Gasteiger partial charge in [0.25, 0.3) is 0 Å². The first-order valence-corrected chi connectivity index (χ1v) is 3.54. The third-order valence-electron chi connectivity index (χ3n) is 1.67. The molecule has 1 rings (SSSR count). The zero-order valence-corrected chi connectivity index (χ0v) is 6.42. The van der Waals surface area contributed by atoms with E-state index in [1.54, 1.807) is 0 Å². The number of H-pyrrole nitrogens is 1. The van der Waals surface area contributed by atoms with E-state index in [0.29, 0.717) is 6.42 Å². The predicted octanol–water partition coefficient (Wildman–Crippen LogP) is 1.34. The molecule has 1 heterocycles. The summed E-state index contributed by atoms with van der Waals surface area (Å²) in [5.74, 6) is -0.745. The van der Waals surface area contributed by atoms with E-state index in [4.69, 9.17) is 5.11 Å². The molecule has 1 aromatic rings. The van der Waals surface area contributed by atoms with Crippen LogP contribution in [0.25, 0.3) is 0 Å². The smallest absolute Gasteiger partial charge is 0.303 e. The zero-order valence-electron chi connectivity index (χ0n) is 6.42. The summed E-state index contributed by atoms with van der Waals surface area (Å²) < 4.78 is 0. The highest BCUT2D eigenvalue weighted by atomic mass is 16.4. The average Bonchev–Trinajstić information content (AvgIpc) is 2.31. The number of aromatic amines is 1. The molecule has 60 valence electrons. The summed E-state index contributed by atoms with van der Waals surface area (Å²) in [6, 6.07) is 0. The van der Waals surface area contributed by atoms with Crippen LogP contribution in [-0.4, -0.2) is 16.1 Å². The van der Waals surface area contributed by atoms with Gasteiger partial charge in [-0.2, -0.15) is 0 Å². The van der Waals surface area contributed by atoms with Gasteiger partial charge in [-0.3, -0.25) is 4.79 Å². The summed E-state index contributed by atoms with van der Waals surface area (Å²) in [6.07, 6.45) is 4.54. The second kappa shape index (κ2) is 3.23. The van der Waals surface area contributed by atoms with E-state index < -0.39 is 5.97 Å². The molecule has 0 aromatic carbocycles. The van der Waals surface area contributed by atoms with Crippen molar-refractivity contribution in [2.24, 2.45) is 0 Å². The fourth-order valence-electron chi connectivity index (χ4n) is 0.985. The van der Waals surface area contributed by atoms with Crippen molar-refractivity contribution in [3.05, 3.63) is 23.5 Å². The molecule has 3 heteroatoms. The number of hydrogen-bond donors (Lipinski definition) is 2. The van der Waals surface area contributed by atoms with Gasteiger partial charge in [-0.15, -0.1) is 0 Å². The van der Waals surface area contributed by atoms with Gasteiger partial charge in [-0.05, 0) is 24.5 Å². The topological polar surface area (TPSA) is 53.1 Å². The van der Waals surface area contributed by atoms with Crippen molar-refractivity contribution in [2.75, 3.05) is 0 Å². The molecule has 0 radical (unpaired) electrons. The molecule has 0 spiro atoms. The van der Waals surface area contributed by atoms with Gasteiger partial charge in [0.15, 0.2) is 0 Å². The van der Waals surface area contributed by atoms with Gasteiger partial charge >= 0.3 is 5.97 Å². The second-order valence-electron chi connectivity index (χ2n) is 2.56. The standard InChI is InChI=1S/C8H11NO2/c1-6-4-9-5-7(6)2-3-8(10)11/h4-5,9H,2-3H2,1H3,(H,10,11). The lowest BCUT2D eigenvalue weighted by molar-refractivity contribution is -0.136. The average molecular weight is 153 g/mol. The van der Waals surface area contributed by atoms with Crippen molar-refractivity contribution >= 4 is 5.97 Å². The molecule has 0 aliphatic carbocycles. The molecule has 0 unspecified atom stereocenters. The highest BCUT2D eigenvalue weighted by molar-refractivity contribution is 5.67. The Kier molecular flexibility index (Phi) is 2.31. The van der Waals surface area contributed by atoms with Gasteiger partial charge in [-0.1, -0.05) is 0 Å². The first-order chi connectivity index (χ1) is 5.20. The number of carboxylic acids is 1. The van der Waals surface area contributed by atoms with E-state index in [0.717, 1.165) is 11.1 Å². The Morgan fingerprint density at radius 1 is 1.64 bits per heavy atom. The molecule has 2 N–H and O–H groups in total. The molecule has 0 atom stereocenters. The third kappa shape index (κ3) is 2.11. The number of hydrogen-bond acceptors (Lipinski definition) is 1. The van der Waals surface area contributed by atoms with Crippen LogP contribution in [0, 0.1) is 6.92 Å². The summed E-state index contributed by atoms with van der Waals surface area (Å²) in [5.41, 5.74) is 2.22. The molecule has 0 fully saturated rings. The Morgan fingerprint density at radius 3 is 2.82 bits per heavy atom.